The molecule has 0 amide bonds. The Bertz CT molecular complexity index is 1450. The molecule has 2 fully saturated rings. The number of nitrogens with two attached hydrogens (primary N) is 2. The lowest BCUT2D eigenvalue weighted by molar-refractivity contribution is -0.0675. The van der Waals surface area contributed by atoms with Gasteiger partial charge in [-0.05, 0) is 55.0 Å². The van der Waals surface area contributed by atoms with Crippen LogP contribution in [0.4, 0.5) is 20.4 Å². The molecule has 1 saturated carbocycles. The molecule has 3 aromatic heterocycles. The quantitative estimate of drug-likeness (QED) is 0.358. The third kappa shape index (κ3) is 2.97. The van der Waals surface area contributed by atoms with E-state index >= 15 is 0 Å². The maximum absolute atomic E-state index is 14.7. The number of anilines is 2. The first kappa shape index (κ1) is 21.1. The Kier molecular flexibility index (Phi) is 4.54. The number of aromatic nitrogens is 4. The van der Waals surface area contributed by atoms with Gasteiger partial charge in [-0.25, -0.2) is 23.7 Å². The summed E-state index contributed by atoms with van der Waals surface area (Å²) in [5.41, 5.74) is 11.4. The van der Waals surface area contributed by atoms with Crippen LogP contribution in [-0.2, 0) is 11.2 Å². The molecule has 4 heterocycles. The van der Waals surface area contributed by atoms with Gasteiger partial charge in [0, 0.05) is 11.6 Å². The zero-order valence-corrected chi connectivity index (χ0v) is 17.9. The molecule has 1 aliphatic heterocycles. The van der Waals surface area contributed by atoms with E-state index in [9.17, 15) is 19.0 Å². The zero-order chi connectivity index (χ0) is 23.8. The van der Waals surface area contributed by atoms with Crippen LogP contribution in [0, 0.1) is 17.6 Å². The Balaban J connectivity index is 1.31. The van der Waals surface area contributed by atoms with E-state index in [-0.39, 0.29) is 22.6 Å². The number of benzene rings is 1. The van der Waals surface area contributed by atoms with Crippen LogP contribution in [-0.4, -0.2) is 47.5 Å². The van der Waals surface area contributed by atoms with Crippen molar-refractivity contribution in [3.8, 4) is 0 Å². The van der Waals surface area contributed by atoms with E-state index < -0.39 is 35.7 Å². The number of nitrogens with zero attached hydrogens (tertiary/aromatic N) is 4. The highest BCUT2D eigenvalue weighted by molar-refractivity contribution is 5.86. The molecule has 9 nitrogen and oxygen atoms in total. The fraction of sp³-hybridized carbons (Fsp3) is 0.348. The molecule has 2 aliphatic rings. The molecular formula is C23H22F2N6O3. The van der Waals surface area contributed by atoms with Crippen LogP contribution in [0.2, 0.25) is 0 Å². The van der Waals surface area contributed by atoms with Crippen LogP contribution in [0.3, 0.4) is 0 Å². The van der Waals surface area contributed by atoms with Gasteiger partial charge in [-0.1, -0.05) is 0 Å². The Morgan fingerprint density at radius 3 is 2.76 bits per heavy atom. The number of pyridine rings is 1. The maximum Gasteiger partial charge on any atom is 0.165 e. The molecule has 11 heteroatoms. The van der Waals surface area contributed by atoms with Crippen molar-refractivity contribution in [1.82, 2.24) is 19.5 Å². The van der Waals surface area contributed by atoms with Crippen molar-refractivity contribution in [3.63, 3.8) is 0 Å². The molecule has 5 atom stereocenters. The minimum Gasteiger partial charge on any atom is -0.385 e. The van der Waals surface area contributed by atoms with Gasteiger partial charge in [-0.2, -0.15) is 0 Å². The standard InChI is InChI=1S/C23H22F2N6O3/c24-14-6-10(7-16-13(14)8-15(25)20(27)30-16)5-11-1-3-23(33)17(32)22(34-18(11)23)31-4-2-12-19(26)28-9-29-21(12)31/h2,4,6-9,11,17-18,22,32-33H,1,3,5H2,(H2,27,30)(H2,26,28,29)/t11-,17-,18+,22+,23-/m0/s1. The summed E-state index contributed by atoms with van der Waals surface area (Å²) in [5, 5.41) is 23.1. The first-order valence-corrected chi connectivity index (χ1v) is 10.9. The highest BCUT2D eigenvalue weighted by Gasteiger charge is 2.61. The normalized spacial score (nSPS) is 28.7. The van der Waals surface area contributed by atoms with Crippen molar-refractivity contribution in [2.24, 2.45) is 5.92 Å². The topological polar surface area (TPSA) is 145 Å². The second-order valence-corrected chi connectivity index (χ2v) is 9.11. The predicted octanol–water partition coefficient (Wildman–Crippen LogP) is 2.06. The number of fused-ring (bicyclic) bond motifs is 3. The number of aliphatic hydroxyl groups excluding tert-OH is 1. The number of rotatable bonds is 3. The molecule has 6 rings (SSSR count). The summed E-state index contributed by atoms with van der Waals surface area (Å²) in [7, 11) is 0. The molecular weight excluding hydrogens is 446 g/mol. The summed E-state index contributed by atoms with van der Waals surface area (Å²) >= 11 is 0. The summed E-state index contributed by atoms with van der Waals surface area (Å²) < 4.78 is 36.2. The van der Waals surface area contributed by atoms with Gasteiger partial charge in [0.05, 0.1) is 17.0 Å². The molecule has 6 N–H and O–H groups in total. The van der Waals surface area contributed by atoms with E-state index in [1.807, 2.05) is 0 Å². The van der Waals surface area contributed by atoms with Crippen LogP contribution < -0.4 is 11.5 Å². The minimum atomic E-state index is -1.47. The van der Waals surface area contributed by atoms with Gasteiger partial charge < -0.3 is 31.0 Å². The maximum atomic E-state index is 14.7. The molecule has 0 radical (unpaired) electrons. The van der Waals surface area contributed by atoms with Crippen LogP contribution in [0.5, 0.6) is 0 Å². The average Bonchev–Trinajstić information content (AvgIpc) is 3.43. The lowest BCUT2D eigenvalue weighted by Crippen LogP contribution is -2.45. The predicted molar refractivity (Wildman–Crippen MR) is 119 cm³/mol. The van der Waals surface area contributed by atoms with Crippen molar-refractivity contribution in [1.29, 1.82) is 0 Å². The van der Waals surface area contributed by atoms with Gasteiger partial charge in [0.1, 0.15) is 35.3 Å². The molecule has 0 unspecified atom stereocenters. The molecule has 0 bridgehead atoms. The average molecular weight is 468 g/mol. The lowest BCUT2D eigenvalue weighted by Gasteiger charge is -2.26. The summed E-state index contributed by atoms with van der Waals surface area (Å²) in [6.45, 7) is 0. The molecule has 34 heavy (non-hydrogen) atoms. The SMILES string of the molecule is Nc1nc2cc(C[C@@H]3CC[C@@]4(O)[C@@H]3O[C@@H](n3ccc5c(N)ncnc53)[C@@H]4O)cc(F)c2cc1F. The number of nitrogen functional groups attached to an aromatic ring is 2. The van der Waals surface area contributed by atoms with Gasteiger partial charge in [-0.15, -0.1) is 0 Å². The van der Waals surface area contributed by atoms with Crippen molar-refractivity contribution in [2.75, 3.05) is 11.5 Å². The zero-order valence-electron chi connectivity index (χ0n) is 17.9. The van der Waals surface area contributed by atoms with Crippen LogP contribution >= 0.6 is 0 Å². The van der Waals surface area contributed by atoms with E-state index in [1.165, 1.54) is 12.4 Å². The summed E-state index contributed by atoms with van der Waals surface area (Å²) in [6, 6.07) is 5.76. The van der Waals surface area contributed by atoms with Crippen molar-refractivity contribution in [3.05, 3.63) is 54.0 Å². The van der Waals surface area contributed by atoms with Crippen LogP contribution in [0.15, 0.2) is 36.8 Å². The van der Waals surface area contributed by atoms with Crippen LogP contribution in [0.25, 0.3) is 21.9 Å². The molecule has 1 saturated heterocycles. The van der Waals surface area contributed by atoms with Gasteiger partial charge in [-0.3, -0.25) is 0 Å². The second kappa shape index (κ2) is 7.29. The third-order valence-corrected chi connectivity index (χ3v) is 7.14. The van der Waals surface area contributed by atoms with E-state index in [0.717, 1.165) is 6.07 Å². The van der Waals surface area contributed by atoms with Gasteiger partial charge >= 0.3 is 0 Å². The van der Waals surface area contributed by atoms with Gasteiger partial charge in [0.2, 0.25) is 0 Å². The fourth-order valence-electron chi connectivity index (χ4n) is 5.46. The first-order chi connectivity index (χ1) is 16.3. The monoisotopic (exact) mass is 468 g/mol. The molecule has 1 aliphatic carbocycles. The highest BCUT2D eigenvalue weighted by Crippen LogP contribution is 2.50. The van der Waals surface area contributed by atoms with Crippen molar-refractivity contribution >= 4 is 33.6 Å². The number of aliphatic hydroxyl groups is 2. The third-order valence-electron chi connectivity index (χ3n) is 7.14. The largest absolute Gasteiger partial charge is 0.385 e. The molecule has 176 valence electrons. The van der Waals surface area contributed by atoms with E-state index in [4.69, 9.17) is 16.2 Å². The second-order valence-electron chi connectivity index (χ2n) is 9.11. The molecule has 4 aromatic rings. The Labute approximate surface area is 192 Å². The fourth-order valence-corrected chi connectivity index (χ4v) is 5.46. The number of halogens is 2. The van der Waals surface area contributed by atoms with E-state index in [0.29, 0.717) is 41.7 Å². The number of hydrogen-bond acceptors (Lipinski definition) is 8. The summed E-state index contributed by atoms with van der Waals surface area (Å²) in [6.07, 6.45) is 1.53. The summed E-state index contributed by atoms with van der Waals surface area (Å²) in [5.74, 6) is -1.56. The van der Waals surface area contributed by atoms with E-state index in [2.05, 4.69) is 15.0 Å². The lowest BCUT2D eigenvalue weighted by atomic mass is 9.90. The van der Waals surface area contributed by atoms with Crippen molar-refractivity contribution < 1.29 is 23.7 Å². The van der Waals surface area contributed by atoms with Crippen LogP contribution in [0.1, 0.15) is 24.6 Å². The molecule has 0 spiro atoms. The molecule has 1 aromatic carbocycles. The summed E-state index contributed by atoms with van der Waals surface area (Å²) in [4.78, 5) is 12.2. The Morgan fingerprint density at radius 2 is 1.94 bits per heavy atom. The Hall–Kier alpha value is -3.41. The number of ether oxygens (including phenoxy) is 1. The Morgan fingerprint density at radius 1 is 1.12 bits per heavy atom. The smallest absolute Gasteiger partial charge is 0.165 e. The van der Waals surface area contributed by atoms with Crippen molar-refractivity contribution in [2.45, 2.75) is 43.3 Å². The van der Waals surface area contributed by atoms with E-state index in [1.54, 1.807) is 22.9 Å². The highest BCUT2D eigenvalue weighted by atomic mass is 19.1. The minimum absolute atomic E-state index is 0.0479. The number of hydrogen-bond donors (Lipinski definition) is 4. The van der Waals surface area contributed by atoms with Gasteiger partial charge in [0.15, 0.2) is 17.9 Å². The first-order valence-electron chi connectivity index (χ1n) is 10.9. The van der Waals surface area contributed by atoms with Gasteiger partial charge in [0.25, 0.3) is 0 Å².